The molecule has 0 fully saturated rings. The van der Waals surface area contributed by atoms with Gasteiger partial charge in [-0.3, -0.25) is 0 Å². The van der Waals surface area contributed by atoms with Gasteiger partial charge in [0.25, 0.3) is 0 Å². The molecular formula is C8H8Cl2FN. The minimum absolute atomic E-state index is 0.0437. The summed E-state index contributed by atoms with van der Waals surface area (Å²) in [6.45, 7) is -0.0437. The van der Waals surface area contributed by atoms with Gasteiger partial charge in [0.1, 0.15) is 6.17 Å². The lowest BCUT2D eigenvalue weighted by Gasteiger charge is -2.05. The van der Waals surface area contributed by atoms with E-state index in [9.17, 15) is 4.39 Å². The lowest BCUT2D eigenvalue weighted by molar-refractivity contribution is 0.353. The van der Waals surface area contributed by atoms with Gasteiger partial charge >= 0.3 is 0 Å². The Kier molecular flexibility index (Phi) is 3.32. The molecule has 1 rings (SSSR count). The maximum Gasteiger partial charge on any atom is 0.137 e. The summed E-state index contributed by atoms with van der Waals surface area (Å²) in [5, 5.41) is 0.773. The standard InChI is InChI=1S/C8H8Cl2FN/c9-6-2-1-5(3-7(6)10)8(11)4-12/h1-3,8H,4,12H2. The van der Waals surface area contributed by atoms with E-state index in [2.05, 4.69) is 0 Å². The fraction of sp³-hybridized carbons (Fsp3) is 0.250. The van der Waals surface area contributed by atoms with Gasteiger partial charge in [0.05, 0.1) is 10.0 Å². The van der Waals surface area contributed by atoms with Gasteiger partial charge in [-0.25, -0.2) is 4.39 Å². The molecule has 0 aliphatic rings. The minimum atomic E-state index is -1.17. The summed E-state index contributed by atoms with van der Waals surface area (Å²) in [5.74, 6) is 0. The maximum absolute atomic E-state index is 12.9. The summed E-state index contributed by atoms with van der Waals surface area (Å²) in [5.41, 5.74) is 5.61. The van der Waals surface area contributed by atoms with Crippen LogP contribution < -0.4 is 5.73 Å². The monoisotopic (exact) mass is 207 g/mol. The minimum Gasteiger partial charge on any atom is -0.327 e. The SMILES string of the molecule is NCC(F)c1ccc(Cl)c(Cl)c1. The van der Waals surface area contributed by atoms with Gasteiger partial charge in [-0.05, 0) is 17.7 Å². The van der Waals surface area contributed by atoms with Crippen molar-refractivity contribution in [1.82, 2.24) is 0 Å². The van der Waals surface area contributed by atoms with Crippen LogP contribution in [0, 0.1) is 0 Å². The Morgan fingerprint density at radius 2 is 2.00 bits per heavy atom. The summed E-state index contributed by atoms with van der Waals surface area (Å²) < 4.78 is 12.9. The zero-order valence-corrected chi connectivity index (χ0v) is 7.74. The number of benzene rings is 1. The normalized spacial score (nSPS) is 13.0. The molecule has 0 aromatic heterocycles. The molecule has 1 nitrogen and oxygen atoms in total. The second kappa shape index (κ2) is 4.08. The van der Waals surface area contributed by atoms with Crippen LogP contribution in [0.5, 0.6) is 0 Å². The maximum atomic E-state index is 12.9. The van der Waals surface area contributed by atoms with Gasteiger partial charge < -0.3 is 5.73 Å². The van der Waals surface area contributed by atoms with E-state index in [0.717, 1.165) is 0 Å². The molecule has 0 aliphatic carbocycles. The molecule has 12 heavy (non-hydrogen) atoms. The largest absolute Gasteiger partial charge is 0.327 e. The van der Waals surface area contributed by atoms with Crippen molar-refractivity contribution in [3.8, 4) is 0 Å². The number of hydrogen-bond donors (Lipinski definition) is 1. The molecule has 0 amide bonds. The first kappa shape index (κ1) is 9.78. The van der Waals surface area contributed by atoms with Crippen molar-refractivity contribution in [3.63, 3.8) is 0 Å². The lowest BCUT2D eigenvalue weighted by Crippen LogP contribution is -2.07. The third-order valence-electron chi connectivity index (χ3n) is 1.51. The van der Waals surface area contributed by atoms with E-state index in [1.54, 1.807) is 12.1 Å². The Hall–Kier alpha value is -0.310. The number of rotatable bonds is 2. The Bertz CT molecular complexity index is 278. The Morgan fingerprint density at radius 3 is 2.50 bits per heavy atom. The summed E-state index contributed by atoms with van der Waals surface area (Å²) in [6, 6.07) is 4.62. The fourth-order valence-electron chi connectivity index (χ4n) is 0.843. The Labute approximate surface area is 80.3 Å². The van der Waals surface area contributed by atoms with E-state index in [0.29, 0.717) is 15.6 Å². The van der Waals surface area contributed by atoms with E-state index in [1.165, 1.54) is 6.07 Å². The van der Waals surface area contributed by atoms with Crippen LogP contribution in [-0.4, -0.2) is 6.54 Å². The first-order valence-corrected chi connectivity index (χ1v) is 4.20. The van der Waals surface area contributed by atoms with Gasteiger partial charge in [0.15, 0.2) is 0 Å². The summed E-state index contributed by atoms with van der Waals surface area (Å²) in [4.78, 5) is 0. The molecule has 2 N–H and O–H groups in total. The number of hydrogen-bond acceptors (Lipinski definition) is 1. The van der Waals surface area contributed by atoms with E-state index in [1.807, 2.05) is 0 Å². The second-order valence-corrected chi connectivity index (χ2v) is 3.19. The highest BCUT2D eigenvalue weighted by molar-refractivity contribution is 6.42. The van der Waals surface area contributed by atoms with Crippen molar-refractivity contribution >= 4 is 23.2 Å². The fourth-order valence-corrected chi connectivity index (χ4v) is 1.15. The van der Waals surface area contributed by atoms with Crippen LogP contribution in [0.15, 0.2) is 18.2 Å². The van der Waals surface area contributed by atoms with Crippen molar-refractivity contribution in [2.45, 2.75) is 6.17 Å². The molecular weight excluding hydrogens is 200 g/mol. The first-order valence-electron chi connectivity index (χ1n) is 3.44. The van der Waals surface area contributed by atoms with Crippen LogP contribution in [0.1, 0.15) is 11.7 Å². The summed E-state index contributed by atoms with van der Waals surface area (Å²) in [6.07, 6.45) is -1.17. The molecule has 0 aliphatic heterocycles. The average molecular weight is 208 g/mol. The zero-order chi connectivity index (χ0) is 9.14. The molecule has 4 heteroatoms. The molecule has 0 bridgehead atoms. The number of halogens is 3. The van der Waals surface area contributed by atoms with Crippen LogP contribution in [0.3, 0.4) is 0 Å². The van der Waals surface area contributed by atoms with Gasteiger partial charge in [-0.2, -0.15) is 0 Å². The Balaban J connectivity index is 2.96. The molecule has 0 heterocycles. The van der Waals surface area contributed by atoms with Crippen LogP contribution >= 0.6 is 23.2 Å². The number of alkyl halides is 1. The molecule has 1 unspecified atom stereocenters. The van der Waals surface area contributed by atoms with Crippen LogP contribution in [0.4, 0.5) is 4.39 Å². The third-order valence-corrected chi connectivity index (χ3v) is 2.25. The van der Waals surface area contributed by atoms with Crippen molar-refractivity contribution in [3.05, 3.63) is 33.8 Å². The second-order valence-electron chi connectivity index (χ2n) is 2.38. The van der Waals surface area contributed by atoms with Gasteiger partial charge in [0, 0.05) is 6.54 Å². The molecule has 0 radical (unpaired) electrons. The third kappa shape index (κ3) is 2.09. The summed E-state index contributed by atoms with van der Waals surface area (Å²) in [7, 11) is 0. The van der Waals surface area contributed by atoms with Crippen LogP contribution in [-0.2, 0) is 0 Å². The van der Waals surface area contributed by atoms with E-state index >= 15 is 0 Å². The van der Waals surface area contributed by atoms with Crippen LogP contribution in [0.25, 0.3) is 0 Å². The molecule has 1 aromatic rings. The highest BCUT2D eigenvalue weighted by Gasteiger charge is 2.08. The smallest absolute Gasteiger partial charge is 0.137 e. The highest BCUT2D eigenvalue weighted by Crippen LogP contribution is 2.26. The Morgan fingerprint density at radius 1 is 1.33 bits per heavy atom. The average Bonchev–Trinajstić information content (AvgIpc) is 2.08. The van der Waals surface area contributed by atoms with Crippen molar-refractivity contribution < 1.29 is 4.39 Å². The first-order chi connectivity index (χ1) is 5.65. The molecule has 0 saturated carbocycles. The molecule has 0 spiro atoms. The van der Waals surface area contributed by atoms with Crippen molar-refractivity contribution in [2.75, 3.05) is 6.54 Å². The summed E-state index contributed by atoms with van der Waals surface area (Å²) >= 11 is 11.3. The van der Waals surface area contributed by atoms with E-state index in [-0.39, 0.29) is 6.54 Å². The van der Waals surface area contributed by atoms with Crippen LogP contribution in [0.2, 0.25) is 10.0 Å². The zero-order valence-electron chi connectivity index (χ0n) is 6.23. The van der Waals surface area contributed by atoms with Gasteiger partial charge in [0.2, 0.25) is 0 Å². The van der Waals surface area contributed by atoms with E-state index < -0.39 is 6.17 Å². The van der Waals surface area contributed by atoms with Crippen molar-refractivity contribution in [2.24, 2.45) is 5.73 Å². The van der Waals surface area contributed by atoms with Gasteiger partial charge in [-0.15, -0.1) is 0 Å². The van der Waals surface area contributed by atoms with Gasteiger partial charge in [-0.1, -0.05) is 29.3 Å². The topological polar surface area (TPSA) is 26.0 Å². The predicted octanol–water partition coefficient (Wildman–Crippen LogP) is 2.96. The highest BCUT2D eigenvalue weighted by atomic mass is 35.5. The quantitative estimate of drug-likeness (QED) is 0.794. The molecule has 1 aromatic carbocycles. The predicted molar refractivity (Wildman–Crippen MR) is 49.4 cm³/mol. The molecule has 0 saturated heterocycles. The molecule has 66 valence electrons. The van der Waals surface area contributed by atoms with Crippen molar-refractivity contribution in [1.29, 1.82) is 0 Å². The molecule has 1 atom stereocenters. The lowest BCUT2D eigenvalue weighted by atomic mass is 10.1. The van der Waals surface area contributed by atoms with E-state index in [4.69, 9.17) is 28.9 Å². The number of nitrogens with two attached hydrogens (primary N) is 1.